The molecule has 1 heterocycles. The Morgan fingerprint density at radius 2 is 2.05 bits per heavy atom. The van der Waals surface area contributed by atoms with Crippen LogP contribution in [0, 0.1) is 11.7 Å². The second-order valence-electron chi connectivity index (χ2n) is 5.63. The first-order chi connectivity index (χ1) is 9.95. The summed E-state index contributed by atoms with van der Waals surface area (Å²) >= 11 is 0. The Kier molecular flexibility index (Phi) is 4.77. The average Bonchev–Trinajstić information content (AvgIpc) is 2.78. The molecule has 1 saturated heterocycles. The molecule has 0 aromatic heterocycles. The highest BCUT2D eigenvalue weighted by Gasteiger charge is 2.31. The maximum absolute atomic E-state index is 12.9. The normalized spacial score (nSPS) is 18.2. The number of hydrogen-bond acceptors (Lipinski definition) is 2. The summed E-state index contributed by atoms with van der Waals surface area (Å²) < 4.78 is 12.9. The van der Waals surface area contributed by atoms with Gasteiger partial charge < -0.3 is 15.5 Å². The van der Waals surface area contributed by atoms with Gasteiger partial charge in [-0.25, -0.2) is 9.18 Å². The number of urea groups is 1. The summed E-state index contributed by atoms with van der Waals surface area (Å²) in [6, 6.07) is 5.28. The van der Waals surface area contributed by atoms with Gasteiger partial charge in [-0.3, -0.25) is 4.79 Å². The molecular formula is C15H20FN3O2. The summed E-state index contributed by atoms with van der Waals surface area (Å²) in [5, 5.41) is 5.55. The summed E-state index contributed by atoms with van der Waals surface area (Å²) in [4.78, 5) is 25.2. The highest BCUT2D eigenvalue weighted by atomic mass is 19.1. The summed E-state index contributed by atoms with van der Waals surface area (Å²) in [6.45, 7) is 5.01. The first-order valence-corrected chi connectivity index (χ1v) is 7.06. The van der Waals surface area contributed by atoms with E-state index in [4.69, 9.17) is 0 Å². The predicted octanol–water partition coefficient (Wildman–Crippen LogP) is 1.89. The van der Waals surface area contributed by atoms with E-state index in [2.05, 4.69) is 10.6 Å². The number of hydrogen-bond donors (Lipinski definition) is 2. The minimum Gasteiger partial charge on any atom is -0.338 e. The van der Waals surface area contributed by atoms with Crippen LogP contribution in [0.3, 0.4) is 0 Å². The number of halogens is 1. The van der Waals surface area contributed by atoms with E-state index in [1.165, 1.54) is 12.1 Å². The van der Waals surface area contributed by atoms with Gasteiger partial charge >= 0.3 is 6.03 Å². The molecule has 1 aliphatic heterocycles. The van der Waals surface area contributed by atoms with E-state index in [0.717, 1.165) is 0 Å². The molecule has 1 aromatic rings. The molecule has 0 spiro atoms. The fourth-order valence-corrected chi connectivity index (χ4v) is 2.21. The Labute approximate surface area is 123 Å². The Morgan fingerprint density at radius 3 is 2.67 bits per heavy atom. The standard InChI is InChI=1S/C15H20FN3O2/c1-10(2)8-17-15(21)18-12-7-14(20)19(9-12)13-5-3-11(16)4-6-13/h3-6,10,12H,7-9H2,1-2H3,(H2,17,18,21)/t12-/m0/s1. The molecule has 2 N–H and O–H groups in total. The zero-order valence-corrected chi connectivity index (χ0v) is 12.2. The number of benzene rings is 1. The van der Waals surface area contributed by atoms with E-state index < -0.39 is 0 Å². The first-order valence-electron chi connectivity index (χ1n) is 7.06. The Bertz CT molecular complexity index is 516. The lowest BCUT2D eigenvalue weighted by Gasteiger charge is -2.17. The molecule has 3 amide bonds. The van der Waals surface area contributed by atoms with Crippen LogP contribution in [-0.2, 0) is 4.79 Å². The van der Waals surface area contributed by atoms with Crippen molar-refractivity contribution >= 4 is 17.6 Å². The van der Waals surface area contributed by atoms with Gasteiger partial charge in [-0.15, -0.1) is 0 Å². The quantitative estimate of drug-likeness (QED) is 0.890. The largest absolute Gasteiger partial charge is 0.338 e. The molecule has 5 nitrogen and oxygen atoms in total. The number of anilines is 1. The zero-order valence-electron chi connectivity index (χ0n) is 12.2. The van der Waals surface area contributed by atoms with Crippen LogP contribution in [0.25, 0.3) is 0 Å². The Hall–Kier alpha value is -2.11. The van der Waals surface area contributed by atoms with Crippen molar-refractivity contribution in [3.63, 3.8) is 0 Å². The smallest absolute Gasteiger partial charge is 0.315 e. The number of carbonyl (C=O) groups is 2. The summed E-state index contributed by atoms with van der Waals surface area (Å²) in [5.41, 5.74) is 0.647. The lowest BCUT2D eigenvalue weighted by Crippen LogP contribution is -2.44. The van der Waals surface area contributed by atoms with Crippen LogP contribution in [0.15, 0.2) is 24.3 Å². The first kappa shape index (κ1) is 15.3. The SMILES string of the molecule is CC(C)CNC(=O)N[C@H]1CC(=O)N(c2ccc(F)cc2)C1. The number of nitrogens with one attached hydrogen (secondary N) is 2. The van der Waals surface area contributed by atoms with Crippen LogP contribution in [-0.4, -0.2) is 31.1 Å². The van der Waals surface area contributed by atoms with E-state index in [0.29, 0.717) is 24.7 Å². The maximum atomic E-state index is 12.9. The minimum absolute atomic E-state index is 0.0734. The van der Waals surface area contributed by atoms with Crippen molar-refractivity contribution in [1.82, 2.24) is 10.6 Å². The van der Waals surface area contributed by atoms with Crippen molar-refractivity contribution in [2.45, 2.75) is 26.3 Å². The monoisotopic (exact) mass is 293 g/mol. The Morgan fingerprint density at radius 1 is 1.38 bits per heavy atom. The fourth-order valence-electron chi connectivity index (χ4n) is 2.21. The van der Waals surface area contributed by atoms with Crippen LogP contribution in [0.2, 0.25) is 0 Å². The highest BCUT2D eigenvalue weighted by Crippen LogP contribution is 2.21. The zero-order chi connectivity index (χ0) is 15.4. The molecule has 6 heteroatoms. The third kappa shape index (κ3) is 4.18. The molecule has 0 bridgehead atoms. The molecule has 114 valence electrons. The van der Waals surface area contributed by atoms with Crippen molar-refractivity contribution in [1.29, 1.82) is 0 Å². The van der Waals surface area contributed by atoms with Gasteiger partial charge in [0.25, 0.3) is 0 Å². The van der Waals surface area contributed by atoms with Crippen LogP contribution in [0.5, 0.6) is 0 Å². The predicted molar refractivity (Wildman–Crippen MR) is 78.5 cm³/mol. The minimum atomic E-state index is -0.340. The molecule has 0 aliphatic carbocycles. The van der Waals surface area contributed by atoms with E-state index in [1.54, 1.807) is 17.0 Å². The van der Waals surface area contributed by atoms with Crippen molar-refractivity contribution in [3.8, 4) is 0 Å². The highest BCUT2D eigenvalue weighted by molar-refractivity contribution is 5.96. The topological polar surface area (TPSA) is 61.4 Å². The van der Waals surface area contributed by atoms with Crippen LogP contribution in [0.1, 0.15) is 20.3 Å². The summed E-state index contributed by atoms with van der Waals surface area (Å²) in [6.07, 6.45) is 0.256. The molecule has 1 aromatic carbocycles. The number of rotatable bonds is 4. The summed E-state index contributed by atoms with van der Waals surface area (Å²) in [5.74, 6) is -0.0411. The average molecular weight is 293 g/mol. The van der Waals surface area contributed by atoms with Gasteiger partial charge in [0.2, 0.25) is 5.91 Å². The van der Waals surface area contributed by atoms with Crippen LogP contribution < -0.4 is 15.5 Å². The second kappa shape index (κ2) is 6.56. The molecule has 1 aliphatic rings. The number of nitrogens with zero attached hydrogens (tertiary/aromatic N) is 1. The van der Waals surface area contributed by atoms with Gasteiger partial charge in [-0.1, -0.05) is 13.8 Å². The second-order valence-corrected chi connectivity index (χ2v) is 5.63. The third-order valence-corrected chi connectivity index (χ3v) is 3.27. The molecule has 21 heavy (non-hydrogen) atoms. The van der Waals surface area contributed by atoms with E-state index in [-0.39, 0.29) is 30.2 Å². The molecular weight excluding hydrogens is 273 g/mol. The van der Waals surface area contributed by atoms with Crippen molar-refractivity contribution in [2.24, 2.45) is 5.92 Å². The molecule has 1 atom stereocenters. The van der Waals surface area contributed by atoms with E-state index in [9.17, 15) is 14.0 Å². The molecule has 1 fully saturated rings. The maximum Gasteiger partial charge on any atom is 0.315 e. The van der Waals surface area contributed by atoms with Crippen LogP contribution in [0.4, 0.5) is 14.9 Å². The molecule has 0 unspecified atom stereocenters. The molecule has 0 saturated carbocycles. The molecule has 2 rings (SSSR count). The van der Waals surface area contributed by atoms with Gasteiger partial charge in [0.1, 0.15) is 5.82 Å². The molecule has 0 radical (unpaired) electrons. The van der Waals surface area contributed by atoms with Gasteiger partial charge in [0, 0.05) is 25.2 Å². The van der Waals surface area contributed by atoms with E-state index in [1.807, 2.05) is 13.8 Å². The number of amides is 3. The van der Waals surface area contributed by atoms with Gasteiger partial charge in [-0.05, 0) is 30.2 Å². The number of carbonyl (C=O) groups excluding carboxylic acids is 2. The fraction of sp³-hybridized carbons (Fsp3) is 0.467. The van der Waals surface area contributed by atoms with Gasteiger partial charge in [-0.2, -0.15) is 0 Å². The Balaban J connectivity index is 1.90. The van der Waals surface area contributed by atoms with Crippen molar-refractivity contribution in [2.75, 3.05) is 18.0 Å². The van der Waals surface area contributed by atoms with Gasteiger partial charge in [0.05, 0.1) is 6.04 Å². The van der Waals surface area contributed by atoms with E-state index >= 15 is 0 Å². The van der Waals surface area contributed by atoms with Crippen molar-refractivity contribution in [3.05, 3.63) is 30.1 Å². The summed E-state index contributed by atoms with van der Waals surface area (Å²) in [7, 11) is 0. The van der Waals surface area contributed by atoms with Gasteiger partial charge in [0.15, 0.2) is 0 Å². The lowest BCUT2D eigenvalue weighted by molar-refractivity contribution is -0.117. The lowest BCUT2D eigenvalue weighted by atomic mass is 10.2. The van der Waals surface area contributed by atoms with Crippen molar-refractivity contribution < 1.29 is 14.0 Å². The third-order valence-electron chi connectivity index (χ3n) is 3.27. The van der Waals surface area contributed by atoms with Crippen LogP contribution >= 0.6 is 0 Å².